The van der Waals surface area contributed by atoms with Gasteiger partial charge in [0.2, 0.25) is 11.8 Å². The summed E-state index contributed by atoms with van der Waals surface area (Å²) in [6, 6.07) is 6.64. The monoisotopic (exact) mass is 1190 g/mol. The van der Waals surface area contributed by atoms with Crippen LogP contribution in [-0.2, 0) is 49.3 Å². The van der Waals surface area contributed by atoms with Crippen LogP contribution in [0.5, 0.6) is 5.75 Å². The first-order valence-electron chi connectivity index (χ1n) is 27.4. The number of fused-ring (bicyclic) bond motifs is 5. The molecule has 9 unspecified atom stereocenters. The highest BCUT2D eigenvalue weighted by atomic mass is 35.5. The number of urea groups is 1. The Bertz CT molecular complexity index is 2870. The van der Waals surface area contributed by atoms with Gasteiger partial charge in [0.1, 0.15) is 46.5 Å². The van der Waals surface area contributed by atoms with Gasteiger partial charge >= 0.3 is 18.2 Å². The zero-order valence-electron chi connectivity index (χ0n) is 48.2. The second-order valence-electron chi connectivity index (χ2n) is 21.8. The number of alkyl carbamates (subject to hydrolysis) is 1. The molecule has 4 aliphatic rings. The summed E-state index contributed by atoms with van der Waals surface area (Å²) in [4.78, 5) is 106. The summed E-state index contributed by atoms with van der Waals surface area (Å²) in [6.45, 7) is 11.5. The smallest absolute Gasteiger partial charge is 0.412 e. The van der Waals surface area contributed by atoms with E-state index in [1.165, 1.54) is 31.3 Å². The van der Waals surface area contributed by atoms with E-state index in [0.29, 0.717) is 60.6 Å². The normalized spacial score (nSPS) is 24.5. The van der Waals surface area contributed by atoms with Crippen LogP contribution in [0.2, 0.25) is 5.02 Å². The van der Waals surface area contributed by atoms with Crippen molar-refractivity contribution in [3.63, 3.8) is 0 Å². The number of nitrogens with zero attached hydrogens (tertiary/aromatic N) is 2. The molecule has 9 atom stereocenters. The van der Waals surface area contributed by atoms with E-state index in [-0.39, 0.29) is 60.3 Å². The number of halogens is 1. The standard InChI is InChI=1S/C57H77ClN10O14S/c1-32(2)56(31-69,65-52(83)61-21-10-11-23-68-45(70)19-20-46(68)71)30-62-39(15-13-22-60-51(59)74)50(73)63-37-17-18-38(34(4)25-37)64-53(75)81-44-28-47(72)67(7)40-26-36(27-41(78-8)48(40)58)24-33(3)14-12-16-43(79-9)57(77)29-42(80-54(76)66-57)35(5)49-55(44,6)82-49/h12,14,16-20,25-27,31-32,35,39,42-44,49,62,77H,10-11,13,15,21-24,28-30H2,1-9H3,(H,63,73)(H,64,75)(H,66,76)(H3,59,60,74)(H2,61,65,83). The van der Waals surface area contributed by atoms with Crippen LogP contribution in [0.1, 0.15) is 84.3 Å². The highest BCUT2D eigenvalue weighted by molar-refractivity contribution is 7.80. The third-order valence-electron chi connectivity index (χ3n) is 15.4. The summed E-state index contributed by atoms with van der Waals surface area (Å²) in [5.74, 6) is -2.30. The van der Waals surface area contributed by atoms with Crippen LogP contribution in [0.25, 0.3) is 0 Å². The van der Waals surface area contributed by atoms with Crippen LogP contribution in [-0.4, -0.2) is 158 Å². The summed E-state index contributed by atoms with van der Waals surface area (Å²) in [5, 5.41) is 32.4. The van der Waals surface area contributed by atoms with Crippen molar-refractivity contribution in [3.05, 3.63) is 82.4 Å². The van der Waals surface area contributed by atoms with Crippen LogP contribution in [0.4, 0.5) is 31.4 Å². The van der Waals surface area contributed by atoms with Crippen LogP contribution < -0.4 is 52.6 Å². The van der Waals surface area contributed by atoms with E-state index in [1.807, 2.05) is 26.8 Å². The number of ether oxygens (including phenoxy) is 5. The lowest BCUT2D eigenvalue weighted by Gasteiger charge is -2.42. The Kier molecular flexibility index (Phi) is 22.3. The third kappa shape index (κ3) is 16.6. The lowest BCUT2D eigenvalue weighted by Crippen LogP contribution is -2.63. The minimum atomic E-state index is -1.89. The lowest BCUT2D eigenvalue weighted by molar-refractivity contribution is -0.142. The number of thiocarbonyl (C=S) groups is 1. The number of unbranched alkanes of at least 4 members (excludes halogenated alkanes) is 1. The Labute approximate surface area is 493 Å². The molecule has 0 aromatic heterocycles. The molecule has 4 aliphatic heterocycles. The number of rotatable bonds is 21. The molecule has 2 saturated heterocycles. The molecule has 10 N–H and O–H groups in total. The minimum absolute atomic E-state index is 0.0468. The van der Waals surface area contributed by atoms with Gasteiger partial charge in [0.15, 0.2) is 10.8 Å². The number of imide groups is 1. The Balaban J connectivity index is 1.17. The largest absolute Gasteiger partial charge is 0.495 e. The quantitative estimate of drug-likeness (QED) is 0.0267. The highest BCUT2D eigenvalue weighted by Gasteiger charge is 2.64. The minimum Gasteiger partial charge on any atom is -0.495 e. The number of primary amides is 1. The predicted octanol–water partition coefficient (Wildman–Crippen LogP) is 4.79. The van der Waals surface area contributed by atoms with E-state index in [9.17, 15) is 43.5 Å². The zero-order chi connectivity index (χ0) is 61.0. The first-order valence-corrected chi connectivity index (χ1v) is 28.2. The number of carbonyl (C=O) groups excluding carboxylic acids is 8. The fourth-order valence-corrected chi connectivity index (χ4v) is 10.8. The highest BCUT2D eigenvalue weighted by Crippen LogP contribution is 2.49. The van der Waals surface area contributed by atoms with Crippen LogP contribution in [0.15, 0.2) is 66.3 Å². The maximum absolute atomic E-state index is 14.5. The maximum atomic E-state index is 14.5. The number of epoxide rings is 1. The van der Waals surface area contributed by atoms with Crippen molar-refractivity contribution < 1.29 is 67.1 Å². The second-order valence-corrected chi connectivity index (χ2v) is 22.6. The van der Waals surface area contributed by atoms with Gasteiger partial charge in [0.25, 0.3) is 11.8 Å². The predicted molar refractivity (Wildman–Crippen MR) is 314 cm³/mol. The second kappa shape index (κ2) is 28.4. The van der Waals surface area contributed by atoms with Gasteiger partial charge in [-0.15, -0.1) is 0 Å². The SMILES string of the molecule is COc1cc2cc(c1Cl)N(C)C(=O)CC(OC(=O)Nc1ccc(NC(=O)C(CCCNC(N)=O)NCC(C=O)(NC(=S)NCCCCN3C(=O)C=CC3=O)C(C)C)cc1C)C1(C)OC1C(C)C1CC(O)(NC(=O)O1)C(OC)C=CC=C(C)C2. The average Bonchev–Trinajstić information content (AvgIpc) is 1.93. The van der Waals surface area contributed by atoms with Crippen molar-refractivity contribution >= 4 is 94.1 Å². The molecule has 6 rings (SSSR count). The van der Waals surface area contributed by atoms with Gasteiger partial charge < -0.3 is 70.8 Å². The molecule has 2 fully saturated rings. The fraction of sp³-hybridized carbons (Fsp3) is 0.526. The Morgan fingerprint density at radius 1 is 1.04 bits per heavy atom. The van der Waals surface area contributed by atoms with Crippen molar-refractivity contribution in [2.45, 2.75) is 134 Å². The van der Waals surface area contributed by atoms with E-state index in [0.717, 1.165) is 22.3 Å². The number of nitrogens with two attached hydrogens (primary N) is 1. The Morgan fingerprint density at radius 2 is 1.75 bits per heavy atom. The van der Waals surface area contributed by atoms with Crippen molar-refractivity contribution in [3.8, 4) is 5.75 Å². The molecule has 452 valence electrons. The van der Waals surface area contributed by atoms with E-state index in [4.69, 9.17) is 53.2 Å². The molecule has 0 radical (unpaired) electrons. The number of hydrogen-bond donors (Lipinski definition) is 9. The number of nitrogens with one attached hydrogen (secondary N) is 7. The molecule has 0 saturated carbocycles. The number of aliphatic hydroxyl groups is 1. The molecule has 0 spiro atoms. The molecule has 26 heteroatoms. The summed E-state index contributed by atoms with van der Waals surface area (Å²) in [7, 11) is 4.42. The number of methoxy groups -OCH3 is 2. The number of amides is 8. The number of carbonyl (C=O) groups is 8. The molecule has 4 bridgehead atoms. The number of allylic oxidation sites excluding steroid dienone is 3. The van der Waals surface area contributed by atoms with E-state index in [2.05, 4.69) is 37.2 Å². The van der Waals surface area contributed by atoms with Gasteiger partial charge in [0, 0.05) is 76.2 Å². The molecule has 2 aromatic rings. The van der Waals surface area contributed by atoms with Gasteiger partial charge in [-0.1, -0.05) is 56.2 Å². The zero-order valence-corrected chi connectivity index (χ0v) is 49.8. The summed E-state index contributed by atoms with van der Waals surface area (Å²) < 4.78 is 29.5. The van der Waals surface area contributed by atoms with E-state index >= 15 is 0 Å². The van der Waals surface area contributed by atoms with Crippen molar-refractivity contribution in [1.29, 1.82) is 0 Å². The summed E-state index contributed by atoms with van der Waals surface area (Å²) in [5.41, 5.74) is 3.94. The molecule has 4 heterocycles. The summed E-state index contributed by atoms with van der Waals surface area (Å²) >= 11 is 12.4. The molecular weight excluding hydrogens is 1120 g/mol. The van der Waals surface area contributed by atoms with Gasteiger partial charge in [-0.3, -0.25) is 34.7 Å². The maximum Gasteiger partial charge on any atom is 0.412 e. The average molecular weight is 1190 g/mol. The van der Waals surface area contributed by atoms with E-state index in [1.54, 1.807) is 70.3 Å². The van der Waals surface area contributed by atoms with Gasteiger partial charge in [-0.2, -0.15) is 0 Å². The molecular formula is C57H77ClN10O14S. The number of benzene rings is 2. The van der Waals surface area contributed by atoms with E-state index < -0.39 is 89.7 Å². The van der Waals surface area contributed by atoms with Crippen molar-refractivity contribution in [1.82, 2.24) is 31.5 Å². The van der Waals surface area contributed by atoms with Crippen LogP contribution >= 0.6 is 23.8 Å². The number of anilines is 3. The topological polar surface area (TPSA) is 323 Å². The fourth-order valence-electron chi connectivity index (χ4n) is 10.2. The van der Waals surface area contributed by atoms with Crippen molar-refractivity contribution in [2.24, 2.45) is 17.6 Å². The van der Waals surface area contributed by atoms with Gasteiger partial charge in [-0.25, -0.2) is 14.4 Å². The lowest BCUT2D eigenvalue weighted by atomic mass is 9.83. The molecule has 8 amide bonds. The number of aryl methyl sites for hydroxylation is 1. The Hall–Kier alpha value is -7.16. The summed E-state index contributed by atoms with van der Waals surface area (Å²) in [6.07, 6.45) is 4.17. The molecule has 2 aromatic carbocycles. The molecule has 24 nitrogen and oxygen atoms in total. The first kappa shape index (κ1) is 65.0. The van der Waals surface area contributed by atoms with Gasteiger partial charge in [-0.05, 0) is 112 Å². The molecule has 0 aliphatic carbocycles. The number of aldehydes is 1. The van der Waals surface area contributed by atoms with Crippen molar-refractivity contribution in [2.75, 3.05) is 63.0 Å². The van der Waals surface area contributed by atoms with Crippen LogP contribution in [0, 0.1) is 18.8 Å². The van der Waals surface area contributed by atoms with Gasteiger partial charge in [0.05, 0.1) is 31.4 Å². The first-order chi connectivity index (χ1) is 39.3. The Morgan fingerprint density at radius 3 is 2.40 bits per heavy atom. The number of hydrogen-bond acceptors (Lipinski definition) is 16. The van der Waals surface area contributed by atoms with Crippen LogP contribution in [0.3, 0.4) is 0 Å². The molecule has 83 heavy (non-hydrogen) atoms. The third-order valence-corrected chi connectivity index (χ3v) is 16.1.